The predicted molar refractivity (Wildman–Crippen MR) is 57.8 cm³/mol. The van der Waals surface area contributed by atoms with Crippen molar-refractivity contribution in [2.24, 2.45) is 0 Å². The Balaban J connectivity index is 2.03. The molecule has 0 aromatic heterocycles. The SMILES string of the molecule is CCCCCN1CCN(CCC)C1. The molecule has 0 saturated carbocycles. The minimum Gasteiger partial charge on any atom is -0.289 e. The molecule has 0 bridgehead atoms. The molecular weight excluding hydrogens is 160 g/mol. The van der Waals surface area contributed by atoms with Gasteiger partial charge in [-0.1, -0.05) is 26.7 Å². The van der Waals surface area contributed by atoms with E-state index in [4.69, 9.17) is 0 Å². The Kier molecular flexibility index (Phi) is 5.40. The molecule has 1 fully saturated rings. The van der Waals surface area contributed by atoms with Crippen molar-refractivity contribution in [3.05, 3.63) is 0 Å². The maximum absolute atomic E-state index is 2.59. The fourth-order valence-electron chi connectivity index (χ4n) is 1.97. The summed E-state index contributed by atoms with van der Waals surface area (Å²) in [6, 6.07) is 0. The first-order chi connectivity index (χ1) is 6.36. The average Bonchev–Trinajstić information content (AvgIpc) is 2.54. The van der Waals surface area contributed by atoms with Crippen molar-refractivity contribution in [3.63, 3.8) is 0 Å². The molecule has 0 radical (unpaired) electrons. The summed E-state index contributed by atoms with van der Waals surface area (Å²) in [5.74, 6) is 0. The number of rotatable bonds is 6. The summed E-state index contributed by atoms with van der Waals surface area (Å²) in [5.41, 5.74) is 0. The molecule has 1 saturated heterocycles. The van der Waals surface area contributed by atoms with Gasteiger partial charge in [-0.05, 0) is 25.9 Å². The quantitative estimate of drug-likeness (QED) is 0.584. The molecule has 0 aliphatic carbocycles. The van der Waals surface area contributed by atoms with Gasteiger partial charge in [-0.25, -0.2) is 0 Å². The highest BCUT2D eigenvalue weighted by Crippen LogP contribution is 2.07. The maximum Gasteiger partial charge on any atom is 0.0507 e. The smallest absolute Gasteiger partial charge is 0.0507 e. The van der Waals surface area contributed by atoms with Gasteiger partial charge in [-0.15, -0.1) is 0 Å². The molecule has 0 spiro atoms. The van der Waals surface area contributed by atoms with Crippen LogP contribution in [0.5, 0.6) is 0 Å². The highest BCUT2D eigenvalue weighted by Gasteiger charge is 2.17. The van der Waals surface area contributed by atoms with Gasteiger partial charge in [0.25, 0.3) is 0 Å². The van der Waals surface area contributed by atoms with E-state index in [-0.39, 0.29) is 0 Å². The predicted octanol–water partition coefficient (Wildman–Crippen LogP) is 2.16. The van der Waals surface area contributed by atoms with Crippen LogP contribution in [0.2, 0.25) is 0 Å². The van der Waals surface area contributed by atoms with Crippen molar-refractivity contribution in [2.75, 3.05) is 32.8 Å². The van der Waals surface area contributed by atoms with Crippen LogP contribution in [-0.2, 0) is 0 Å². The molecule has 0 aromatic carbocycles. The molecule has 0 amide bonds. The van der Waals surface area contributed by atoms with Crippen LogP contribution in [-0.4, -0.2) is 42.6 Å². The largest absolute Gasteiger partial charge is 0.289 e. The summed E-state index contributed by atoms with van der Waals surface area (Å²) in [6.45, 7) is 10.9. The van der Waals surface area contributed by atoms with E-state index in [1.807, 2.05) is 0 Å². The molecule has 1 rings (SSSR count). The highest BCUT2D eigenvalue weighted by atomic mass is 15.4. The van der Waals surface area contributed by atoms with Gasteiger partial charge < -0.3 is 0 Å². The normalized spacial score (nSPS) is 19.8. The summed E-state index contributed by atoms with van der Waals surface area (Å²) >= 11 is 0. The van der Waals surface area contributed by atoms with E-state index in [0.717, 1.165) is 0 Å². The van der Waals surface area contributed by atoms with Gasteiger partial charge in [-0.3, -0.25) is 9.80 Å². The minimum absolute atomic E-state index is 1.22. The lowest BCUT2D eigenvalue weighted by Crippen LogP contribution is -2.26. The first kappa shape index (κ1) is 11.0. The van der Waals surface area contributed by atoms with Crippen LogP contribution in [0.3, 0.4) is 0 Å². The van der Waals surface area contributed by atoms with Crippen molar-refractivity contribution >= 4 is 0 Å². The van der Waals surface area contributed by atoms with E-state index in [1.165, 1.54) is 58.5 Å². The van der Waals surface area contributed by atoms with Crippen LogP contribution >= 0.6 is 0 Å². The third-order valence-electron chi connectivity index (χ3n) is 2.75. The zero-order valence-corrected chi connectivity index (χ0v) is 9.26. The first-order valence-corrected chi connectivity index (χ1v) is 5.81. The van der Waals surface area contributed by atoms with E-state index in [9.17, 15) is 0 Å². The molecule has 2 heteroatoms. The molecule has 13 heavy (non-hydrogen) atoms. The molecule has 0 aromatic rings. The molecular formula is C11H24N2. The Labute approximate surface area is 82.9 Å². The second kappa shape index (κ2) is 6.39. The van der Waals surface area contributed by atoms with E-state index in [2.05, 4.69) is 23.6 Å². The minimum atomic E-state index is 1.22. The second-order valence-electron chi connectivity index (χ2n) is 4.08. The van der Waals surface area contributed by atoms with Crippen molar-refractivity contribution in [1.29, 1.82) is 0 Å². The van der Waals surface area contributed by atoms with E-state index in [1.54, 1.807) is 0 Å². The van der Waals surface area contributed by atoms with Gasteiger partial charge in [0.1, 0.15) is 0 Å². The molecule has 1 aliphatic rings. The zero-order valence-electron chi connectivity index (χ0n) is 9.26. The lowest BCUT2D eigenvalue weighted by atomic mass is 10.2. The fraction of sp³-hybridized carbons (Fsp3) is 1.00. The monoisotopic (exact) mass is 184 g/mol. The van der Waals surface area contributed by atoms with Crippen LogP contribution in [0, 0.1) is 0 Å². The summed E-state index contributed by atoms with van der Waals surface area (Å²) in [7, 11) is 0. The summed E-state index contributed by atoms with van der Waals surface area (Å²) in [5, 5.41) is 0. The molecule has 0 atom stereocenters. The summed E-state index contributed by atoms with van der Waals surface area (Å²) in [6.07, 6.45) is 5.41. The number of nitrogens with zero attached hydrogens (tertiary/aromatic N) is 2. The topological polar surface area (TPSA) is 6.48 Å². The van der Waals surface area contributed by atoms with Gasteiger partial charge in [-0.2, -0.15) is 0 Å². The van der Waals surface area contributed by atoms with Crippen molar-refractivity contribution < 1.29 is 0 Å². The van der Waals surface area contributed by atoms with Crippen molar-refractivity contribution in [1.82, 2.24) is 9.80 Å². The maximum atomic E-state index is 2.59. The van der Waals surface area contributed by atoms with Gasteiger partial charge in [0.2, 0.25) is 0 Å². The molecule has 0 unspecified atom stereocenters. The lowest BCUT2D eigenvalue weighted by molar-refractivity contribution is 0.243. The second-order valence-corrected chi connectivity index (χ2v) is 4.08. The van der Waals surface area contributed by atoms with Crippen LogP contribution in [0.15, 0.2) is 0 Å². The summed E-state index contributed by atoms with van der Waals surface area (Å²) < 4.78 is 0. The molecule has 78 valence electrons. The number of hydrogen-bond acceptors (Lipinski definition) is 2. The van der Waals surface area contributed by atoms with Gasteiger partial charge >= 0.3 is 0 Å². The fourth-order valence-corrected chi connectivity index (χ4v) is 1.97. The number of hydrogen-bond donors (Lipinski definition) is 0. The Morgan fingerprint density at radius 3 is 2.15 bits per heavy atom. The Hall–Kier alpha value is -0.0800. The first-order valence-electron chi connectivity index (χ1n) is 5.81. The average molecular weight is 184 g/mol. The Morgan fingerprint density at radius 2 is 1.54 bits per heavy atom. The molecule has 1 heterocycles. The third kappa shape index (κ3) is 4.10. The lowest BCUT2D eigenvalue weighted by Gasteiger charge is -2.16. The Morgan fingerprint density at radius 1 is 0.846 bits per heavy atom. The van der Waals surface area contributed by atoms with Crippen molar-refractivity contribution in [3.8, 4) is 0 Å². The highest BCUT2D eigenvalue weighted by molar-refractivity contribution is 4.70. The van der Waals surface area contributed by atoms with Gasteiger partial charge in [0, 0.05) is 13.1 Å². The standard InChI is InChI=1S/C11H24N2/c1-3-5-6-8-13-10-9-12(11-13)7-4-2/h3-11H2,1-2H3. The molecule has 0 N–H and O–H groups in total. The van der Waals surface area contributed by atoms with Crippen molar-refractivity contribution in [2.45, 2.75) is 39.5 Å². The van der Waals surface area contributed by atoms with Gasteiger partial charge in [0.15, 0.2) is 0 Å². The van der Waals surface area contributed by atoms with E-state index < -0.39 is 0 Å². The zero-order chi connectivity index (χ0) is 9.52. The van der Waals surface area contributed by atoms with Crippen LogP contribution in [0.1, 0.15) is 39.5 Å². The van der Waals surface area contributed by atoms with E-state index >= 15 is 0 Å². The van der Waals surface area contributed by atoms with Crippen LogP contribution in [0.4, 0.5) is 0 Å². The van der Waals surface area contributed by atoms with Gasteiger partial charge in [0.05, 0.1) is 6.67 Å². The Bertz CT molecular complexity index is 125. The van der Waals surface area contributed by atoms with Crippen LogP contribution in [0.25, 0.3) is 0 Å². The van der Waals surface area contributed by atoms with E-state index in [0.29, 0.717) is 0 Å². The number of unbranched alkanes of at least 4 members (excludes halogenated alkanes) is 2. The van der Waals surface area contributed by atoms with Crippen LogP contribution < -0.4 is 0 Å². The summed E-state index contributed by atoms with van der Waals surface area (Å²) in [4.78, 5) is 5.15. The third-order valence-corrected chi connectivity index (χ3v) is 2.75. The molecule has 2 nitrogen and oxygen atoms in total. The molecule has 1 aliphatic heterocycles.